The number of quaternary nitrogens is 1. The molecule has 1 aromatic heterocycles. The van der Waals surface area contributed by atoms with Crippen LogP contribution in [0.1, 0.15) is 24.4 Å². The first-order chi connectivity index (χ1) is 11.2. The molecule has 4 heteroatoms. The van der Waals surface area contributed by atoms with Gasteiger partial charge in [-0.1, -0.05) is 42.5 Å². The quantitative estimate of drug-likeness (QED) is 0.781. The normalized spacial score (nSPS) is 12.4. The van der Waals surface area contributed by atoms with Gasteiger partial charge >= 0.3 is 0 Å². The molecule has 0 unspecified atom stereocenters. The van der Waals surface area contributed by atoms with E-state index in [1.54, 1.807) is 11.6 Å². The van der Waals surface area contributed by atoms with Crippen LogP contribution in [-0.2, 0) is 13.5 Å². The molecule has 0 aliphatic heterocycles. The molecule has 3 aromatic rings. The first-order valence-electron chi connectivity index (χ1n) is 7.99. The fourth-order valence-corrected chi connectivity index (χ4v) is 2.89. The van der Waals surface area contributed by atoms with Crippen LogP contribution < -0.4 is 10.9 Å². The molecule has 2 aromatic carbocycles. The van der Waals surface area contributed by atoms with Crippen LogP contribution in [0.15, 0.2) is 59.4 Å². The van der Waals surface area contributed by atoms with Gasteiger partial charge in [-0.05, 0) is 24.6 Å². The lowest BCUT2D eigenvalue weighted by Gasteiger charge is -2.14. The molecule has 0 aliphatic carbocycles. The van der Waals surface area contributed by atoms with Crippen molar-refractivity contribution < 1.29 is 5.32 Å². The van der Waals surface area contributed by atoms with Crippen LogP contribution in [0.2, 0.25) is 0 Å². The molecule has 0 radical (unpaired) electrons. The van der Waals surface area contributed by atoms with Gasteiger partial charge in [-0.2, -0.15) is 0 Å². The molecule has 0 spiro atoms. The van der Waals surface area contributed by atoms with Crippen molar-refractivity contribution in [2.45, 2.75) is 19.4 Å². The summed E-state index contributed by atoms with van der Waals surface area (Å²) in [4.78, 5) is 17.2. The van der Waals surface area contributed by atoms with Gasteiger partial charge in [0.15, 0.2) is 5.82 Å². The van der Waals surface area contributed by atoms with Crippen molar-refractivity contribution in [3.8, 4) is 0 Å². The van der Waals surface area contributed by atoms with Crippen molar-refractivity contribution in [2.24, 2.45) is 7.05 Å². The summed E-state index contributed by atoms with van der Waals surface area (Å²) in [5, 5.41) is 2.92. The van der Waals surface area contributed by atoms with E-state index in [1.807, 2.05) is 30.3 Å². The number of fused-ring (bicyclic) bond motifs is 1. The van der Waals surface area contributed by atoms with E-state index in [9.17, 15) is 4.79 Å². The summed E-state index contributed by atoms with van der Waals surface area (Å²) in [6.07, 6.45) is 1.01. The van der Waals surface area contributed by atoms with Crippen LogP contribution in [0, 0.1) is 0 Å². The maximum absolute atomic E-state index is 12.5. The standard InChI is InChI=1S/C19H21N3O/c1-14(20-13-12-15-8-4-3-5-9-15)18-21-17-11-7-6-10-16(17)19(23)22(18)2/h3-11,14,20H,12-13H2,1-2H3/p+1/t14-/m1/s1. The zero-order chi connectivity index (χ0) is 16.2. The Kier molecular flexibility index (Phi) is 4.53. The molecule has 2 N–H and O–H groups in total. The fourth-order valence-electron chi connectivity index (χ4n) is 2.89. The van der Waals surface area contributed by atoms with Gasteiger partial charge in [0, 0.05) is 13.5 Å². The highest BCUT2D eigenvalue weighted by Gasteiger charge is 2.16. The van der Waals surface area contributed by atoms with Crippen molar-refractivity contribution in [3.05, 3.63) is 76.3 Å². The number of hydrogen-bond acceptors (Lipinski definition) is 2. The maximum Gasteiger partial charge on any atom is 0.261 e. The summed E-state index contributed by atoms with van der Waals surface area (Å²) in [7, 11) is 1.80. The second-order valence-corrected chi connectivity index (χ2v) is 5.90. The molecular formula is C19H22N3O+. The van der Waals surface area contributed by atoms with Crippen LogP contribution in [0.25, 0.3) is 10.9 Å². The smallest absolute Gasteiger partial charge is 0.261 e. The summed E-state index contributed by atoms with van der Waals surface area (Å²) in [6, 6.07) is 18.1. The molecular weight excluding hydrogens is 286 g/mol. The SMILES string of the molecule is C[C@@H]([NH2+]CCc1ccccc1)c1nc2ccccc2c(=O)n1C. The summed E-state index contributed by atoms with van der Waals surface area (Å²) >= 11 is 0. The molecule has 118 valence electrons. The van der Waals surface area contributed by atoms with E-state index in [0.717, 1.165) is 24.3 Å². The number of rotatable bonds is 5. The molecule has 1 heterocycles. The van der Waals surface area contributed by atoms with Crippen LogP contribution in [0.4, 0.5) is 0 Å². The predicted octanol–water partition coefficient (Wildman–Crippen LogP) is 1.80. The van der Waals surface area contributed by atoms with E-state index in [0.29, 0.717) is 5.39 Å². The summed E-state index contributed by atoms with van der Waals surface area (Å²) in [5.41, 5.74) is 2.12. The second kappa shape index (κ2) is 6.75. The summed E-state index contributed by atoms with van der Waals surface area (Å²) in [6.45, 7) is 3.06. The summed E-state index contributed by atoms with van der Waals surface area (Å²) in [5.74, 6) is 0.821. The molecule has 23 heavy (non-hydrogen) atoms. The van der Waals surface area contributed by atoms with E-state index >= 15 is 0 Å². The molecule has 1 atom stereocenters. The van der Waals surface area contributed by atoms with Crippen LogP contribution >= 0.6 is 0 Å². The number of benzene rings is 2. The molecule has 0 aliphatic rings. The number of hydrogen-bond donors (Lipinski definition) is 1. The van der Waals surface area contributed by atoms with E-state index < -0.39 is 0 Å². The van der Waals surface area contributed by atoms with Gasteiger partial charge in [0.05, 0.1) is 17.4 Å². The minimum atomic E-state index is 0.0221. The lowest BCUT2D eigenvalue weighted by Crippen LogP contribution is -2.85. The third-order valence-corrected chi connectivity index (χ3v) is 4.22. The molecule has 0 fully saturated rings. The third kappa shape index (κ3) is 3.32. The lowest BCUT2D eigenvalue weighted by molar-refractivity contribution is -0.693. The lowest BCUT2D eigenvalue weighted by atomic mass is 10.1. The first kappa shape index (κ1) is 15.4. The van der Waals surface area contributed by atoms with E-state index in [2.05, 4.69) is 36.5 Å². The highest BCUT2D eigenvalue weighted by atomic mass is 16.1. The Morgan fingerprint density at radius 2 is 1.78 bits per heavy atom. The summed E-state index contributed by atoms with van der Waals surface area (Å²) < 4.78 is 1.67. The highest BCUT2D eigenvalue weighted by Crippen LogP contribution is 2.10. The maximum atomic E-state index is 12.5. The average molecular weight is 308 g/mol. The number of nitrogens with zero attached hydrogens (tertiary/aromatic N) is 2. The molecule has 0 saturated carbocycles. The Morgan fingerprint density at radius 1 is 1.09 bits per heavy atom. The number of aromatic nitrogens is 2. The number of nitrogens with two attached hydrogens (primary N) is 1. The van der Waals surface area contributed by atoms with Crippen LogP contribution in [-0.4, -0.2) is 16.1 Å². The number of para-hydroxylation sites is 1. The second-order valence-electron chi connectivity index (χ2n) is 5.90. The van der Waals surface area contributed by atoms with Crippen molar-refractivity contribution in [1.29, 1.82) is 0 Å². The van der Waals surface area contributed by atoms with Crippen LogP contribution in [0.5, 0.6) is 0 Å². The van der Waals surface area contributed by atoms with Gasteiger partial charge in [-0.15, -0.1) is 0 Å². The van der Waals surface area contributed by atoms with E-state index in [-0.39, 0.29) is 11.6 Å². The molecule has 0 bridgehead atoms. The Hall–Kier alpha value is -2.46. The van der Waals surface area contributed by atoms with Gasteiger partial charge in [0.1, 0.15) is 6.04 Å². The van der Waals surface area contributed by atoms with Gasteiger partial charge in [-0.25, -0.2) is 4.98 Å². The van der Waals surface area contributed by atoms with Gasteiger partial charge in [-0.3, -0.25) is 9.36 Å². The van der Waals surface area contributed by atoms with E-state index in [1.165, 1.54) is 5.56 Å². The third-order valence-electron chi connectivity index (χ3n) is 4.22. The predicted molar refractivity (Wildman–Crippen MR) is 92.3 cm³/mol. The van der Waals surface area contributed by atoms with Gasteiger partial charge in [0.25, 0.3) is 5.56 Å². The van der Waals surface area contributed by atoms with Crippen molar-refractivity contribution in [2.75, 3.05) is 6.54 Å². The first-order valence-corrected chi connectivity index (χ1v) is 7.99. The molecule has 3 rings (SSSR count). The Balaban J connectivity index is 1.77. The minimum Gasteiger partial charge on any atom is -0.337 e. The highest BCUT2D eigenvalue weighted by molar-refractivity contribution is 5.77. The Bertz CT molecular complexity index is 855. The Morgan fingerprint density at radius 3 is 2.57 bits per heavy atom. The van der Waals surface area contributed by atoms with Gasteiger partial charge < -0.3 is 5.32 Å². The molecule has 4 nitrogen and oxygen atoms in total. The monoisotopic (exact) mass is 308 g/mol. The zero-order valence-corrected chi connectivity index (χ0v) is 13.6. The minimum absolute atomic E-state index is 0.0221. The molecule has 0 amide bonds. The largest absolute Gasteiger partial charge is 0.337 e. The van der Waals surface area contributed by atoms with Crippen molar-refractivity contribution >= 4 is 10.9 Å². The zero-order valence-electron chi connectivity index (χ0n) is 13.6. The van der Waals surface area contributed by atoms with Crippen molar-refractivity contribution in [1.82, 2.24) is 9.55 Å². The van der Waals surface area contributed by atoms with Crippen molar-refractivity contribution in [3.63, 3.8) is 0 Å². The van der Waals surface area contributed by atoms with E-state index in [4.69, 9.17) is 4.98 Å². The fraction of sp³-hybridized carbons (Fsp3) is 0.263. The van der Waals surface area contributed by atoms with Crippen LogP contribution in [0.3, 0.4) is 0 Å². The average Bonchev–Trinajstić information content (AvgIpc) is 2.59. The molecule has 0 saturated heterocycles. The Labute approximate surface area is 135 Å². The topological polar surface area (TPSA) is 51.5 Å². The van der Waals surface area contributed by atoms with Gasteiger partial charge in [0.2, 0.25) is 0 Å².